The van der Waals surface area contributed by atoms with Crippen LogP contribution in [-0.4, -0.2) is 30.9 Å². The summed E-state index contributed by atoms with van der Waals surface area (Å²) in [5, 5.41) is 20.0. The second-order valence-electron chi connectivity index (χ2n) is 1.93. The van der Waals surface area contributed by atoms with Gasteiger partial charge in [0.15, 0.2) is 6.29 Å². The van der Waals surface area contributed by atoms with E-state index in [9.17, 15) is 19.8 Å². The third kappa shape index (κ3) is 4.75. The summed E-state index contributed by atoms with van der Waals surface area (Å²) in [5.41, 5.74) is 0. The van der Waals surface area contributed by atoms with E-state index in [0.717, 1.165) is 0 Å². The van der Waals surface area contributed by atoms with Crippen LogP contribution >= 0.6 is 0 Å². The standard InChI is InChI=1S/C5H6O6.2Na/c6-3(7)2-1-10-5(11-2)4(8)9;;/h2,5H,1H2,(H,6,7)(H,8,9);;/q;2*+1/p-2. The molecule has 0 spiro atoms. The second kappa shape index (κ2) is 7.19. The Morgan fingerprint density at radius 3 is 1.92 bits per heavy atom. The summed E-state index contributed by atoms with van der Waals surface area (Å²) >= 11 is 0. The van der Waals surface area contributed by atoms with Crippen molar-refractivity contribution in [3.8, 4) is 0 Å². The molecular weight excluding hydrogens is 202 g/mol. The van der Waals surface area contributed by atoms with Crippen LogP contribution < -0.4 is 69.3 Å². The third-order valence-electron chi connectivity index (χ3n) is 1.14. The largest absolute Gasteiger partial charge is 1.00 e. The molecule has 1 rings (SSSR count). The number of rotatable bonds is 2. The van der Waals surface area contributed by atoms with Gasteiger partial charge in [0.25, 0.3) is 0 Å². The Bertz CT molecular complexity index is 175. The Kier molecular flexibility index (Phi) is 9.01. The van der Waals surface area contributed by atoms with E-state index in [1.165, 1.54) is 0 Å². The van der Waals surface area contributed by atoms with Crippen LogP contribution in [0.4, 0.5) is 0 Å². The average molecular weight is 206 g/mol. The summed E-state index contributed by atoms with van der Waals surface area (Å²) in [5.74, 6) is -3.08. The summed E-state index contributed by atoms with van der Waals surface area (Å²) < 4.78 is 8.72. The monoisotopic (exact) mass is 206 g/mol. The van der Waals surface area contributed by atoms with E-state index in [4.69, 9.17) is 0 Å². The first-order valence-electron chi connectivity index (χ1n) is 2.80. The van der Waals surface area contributed by atoms with Gasteiger partial charge in [0, 0.05) is 0 Å². The van der Waals surface area contributed by atoms with Crippen molar-refractivity contribution >= 4 is 11.9 Å². The molecule has 1 saturated heterocycles. The molecule has 1 aliphatic heterocycles. The molecule has 0 amide bonds. The smallest absolute Gasteiger partial charge is 0.547 e. The van der Waals surface area contributed by atoms with Crippen molar-refractivity contribution in [3.05, 3.63) is 0 Å². The van der Waals surface area contributed by atoms with Gasteiger partial charge in [-0.05, 0) is 0 Å². The van der Waals surface area contributed by atoms with Gasteiger partial charge in [-0.25, -0.2) is 0 Å². The fraction of sp³-hybridized carbons (Fsp3) is 0.600. The molecule has 0 aliphatic carbocycles. The van der Waals surface area contributed by atoms with Crippen molar-refractivity contribution in [2.24, 2.45) is 0 Å². The fourth-order valence-corrected chi connectivity index (χ4v) is 0.650. The van der Waals surface area contributed by atoms with Crippen molar-refractivity contribution in [3.63, 3.8) is 0 Å². The summed E-state index contributed by atoms with van der Waals surface area (Å²) in [6, 6.07) is 0. The summed E-state index contributed by atoms with van der Waals surface area (Å²) in [4.78, 5) is 20.0. The van der Waals surface area contributed by atoms with Gasteiger partial charge in [-0.2, -0.15) is 0 Å². The Hall–Kier alpha value is 0.860. The van der Waals surface area contributed by atoms with Crippen LogP contribution in [0.25, 0.3) is 0 Å². The SMILES string of the molecule is O=C([O-])C1COC(C(=O)[O-])O1.[Na+].[Na+]. The molecule has 0 N–H and O–H groups in total. The molecule has 13 heavy (non-hydrogen) atoms. The molecule has 2 atom stereocenters. The van der Waals surface area contributed by atoms with E-state index in [-0.39, 0.29) is 65.7 Å². The van der Waals surface area contributed by atoms with E-state index in [1.54, 1.807) is 0 Å². The minimum absolute atomic E-state index is 0. The van der Waals surface area contributed by atoms with Gasteiger partial charge >= 0.3 is 59.1 Å². The van der Waals surface area contributed by atoms with E-state index in [1.807, 2.05) is 0 Å². The Labute approximate surface area is 118 Å². The minimum atomic E-state index is -1.59. The number of aliphatic carboxylic acids is 2. The van der Waals surface area contributed by atoms with Crippen LogP contribution in [0.5, 0.6) is 0 Å². The minimum Gasteiger partial charge on any atom is -0.547 e. The van der Waals surface area contributed by atoms with Crippen LogP contribution in [0.3, 0.4) is 0 Å². The maximum absolute atomic E-state index is 10.0. The van der Waals surface area contributed by atoms with E-state index in [0.29, 0.717) is 0 Å². The van der Waals surface area contributed by atoms with Crippen LogP contribution in [0, 0.1) is 0 Å². The van der Waals surface area contributed by atoms with E-state index >= 15 is 0 Å². The van der Waals surface area contributed by atoms with E-state index in [2.05, 4.69) is 9.47 Å². The topological polar surface area (TPSA) is 98.7 Å². The average Bonchev–Trinajstić information content (AvgIpc) is 2.33. The molecule has 0 bridgehead atoms. The van der Waals surface area contributed by atoms with Crippen LogP contribution in [-0.2, 0) is 19.1 Å². The summed E-state index contributed by atoms with van der Waals surface area (Å²) in [6.45, 7) is -0.318. The van der Waals surface area contributed by atoms with Crippen LogP contribution in [0.1, 0.15) is 0 Å². The molecule has 0 aromatic carbocycles. The molecule has 6 nitrogen and oxygen atoms in total. The van der Waals surface area contributed by atoms with Gasteiger partial charge in [0.05, 0.1) is 18.5 Å². The molecule has 8 heteroatoms. The van der Waals surface area contributed by atoms with Crippen LogP contribution in [0.15, 0.2) is 0 Å². The van der Waals surface area contributed by atoms with Gasteiger partial charge in [-0.15, -0.1) is 0 Å². The first kappa shape index (κ1) is 16.3. The Morgan fingerprint density at radius 2 is 1.69 bits per heavy atom. The molecule has 1 aliphatic rings. The number of ether oxygens (including phenoxy) is 2. The third-order valence-corrected chi connectivity index (χ3v) is 1.14. The fourth-order valence-electron chi connectivity index (χ4n) is 0.650. The number of carbonyl (C=O) groups excluding carboxylic acids is 2. The Balaban J connectivity index is 0. The van der Waals surface area contributed by atoms with Gasteiger partial charge < -0.3 is 29.3 Å². The number of carbonyl (C=O) groups is 2. The first-order chi connectivity index (χ1) is 5.11. The summed E-state index contributed by atoms with van der Waals surface area (Å²) in [6.07, 6.45) is -2.89. The van der Waals surface area contributed by atoms with Gasteiger partial charge in [0.1, 0.15) is 6.10 Å². The maximum Gasteiger partial charge on any atom is 1.00 e. The second-order valence-corrected chi connectivity index (χ2v) is 1.93. The van der Waals surface area contributed by atoms with Gasteiger partial charge in [-0.3, -0.25) is 0 Å². The molecule has 0 saturated carbocycles. The zero-order valence-electron chi connectivity index (χ0n) is 7.31. The maximum atomic E-state index is 10.0. The predicted octanol–water partition coefficient (Wildman–Crippen LogP) is -9.76. The number of carboxylic acid groups (broad SMARTS) is 2. The van der Waals surface area contributed by atoms with Crippen molar-refractivity contribution in [1.29, 1.82) is 0 Å². The van der Waals surface area contributed by atoms with Gasteiger partial charge in [0.2, 0.25) is 0 Å². The van der Waals surface area contributed by atoms with Crippen molar-refractivity contribution < 1.29 is 88.4 Å². The van der Waals surface area contributed by atoms with E-state index < -0.39 is 24.3 Å². The van der Waals surface area contributed by atoms with Crippen molar-refractivity contribution in [1.82, 2.24) is 0 Å². The van der Waals surface area contributed by atoms with Crippen molar-refractivity contribution in [2.75, 3.05) is 6.61 Å². The molecule has 0 aromatic heterocycles. The molecule has 1 heterocycles. The van der Waals surface area contributed by atoms with Gasteiger partial charge in [-0.1, -0.05) is 0 Å². The molecule has 0 aromatic rings. The number of hydrogen-bond acceptors (Lipinski definition) is 6. The first-order valence-corrected chi connectivity index (χ1v) is 2.80. The zero-order valence-corrected chi connectivity index (χ0v) is 11.3. The van der Waals surface area contributed by atoms with Crippen molar-refractivity contribution in [2.45, 2.75) is 12.4 Å². The molecule has 0 radical (unpaired) electrons. The Morgan fingerprint density at radius 1 is 1.15 bits per heavy atom. The molecule has 2 unspecified atom stereocenters. The summed E-state index contributed by atoms with van der Waals surface area (Å²) in [7, 11) is 0. The van der Waals surface area contributed by atoms with Crippen LogP contribution in [0.2, 0.25) is 0 Å². The predicted molar refractivity (Wildman–Crippen MR) is 24.6 cm³/mol. The number of hydrogen-bond donors (Lipinski definition) is 0. The quantitative estimate of drug-likeness (QED) is 0.416. The zero-order chi connectivity index (χ0) is 8.43. The molecular formula is C5H4Na2O6. The molecule has 62 valence electrons. The number of carboxylic acids is 2. The normalized spacial score (nSPS) is 25.5. The molecule has 1 fully saturated rings.